The molecule has 0 aromatic heterocycles. The van der Waals surface area contributed by atoms with Crippen LogP contribution in [0.2, 0.25) is 5.02 Å². The third-order valence-electron chi connectivity index (χ3n) is 5.86. The van der Waals surface area contributed by atoms with Gasteiger partial charge >= 0.3 is 0 Å². The molecular weight excluding hydrogens is 552 g/mol. The van der Waals surface area contributed by atoms with Gasteiger partial charge in [0.25, 0.3) is 17.1 Å². The van der Waals surface area contributed by atoms with Gasteiger partial charge in [-0.1, -0.05) is 29.8 Å². The first-order chi connectivity index (χ1) is 19.2. The second-order valence-electron chi connectivity index (χ2n) is 8.93. The highest BCUT2D eigenvalue weighted by molar-refractivity contribution is 8.18. The molecule has 0 unspecified atom stereocenters. The number of nitrogens with zero attached hydrogens (tertiary/aromatic N) is 1. The number of carbonyl (C=O) groups excluding carboxylic acids is 3. The number of anilines is 1. The number of imide groups is 1. The lowest BCUT2D eigenvalue weighted by molar-refractivity contribution is -0.123. The van der Waals surface area contributed by atoms with E-state index in [0.29, 0.717) is 39.3 Å². The van der Waals surface area contributed by atoms with Crippen molar-refractivity contribution < 1.29 is 28.6 Å². The van der Waals surface area contributed by atoms with Gasteiger partial charge in [0, 0.05) is 10.7 Å². The van der Waals surface area contributed by atoms with Gasteiger partial charge in [-0.25, -0.2) is 0 Å². The van der Waals surface area contributed by atoms with E-state index < -0.39 is 5.91 Å². The number of ether oxygens (including phenoxy) is 3. The van der Waals surface area contributed by atoms with Gasteiger partial charge in [0.2, 0.25) is 0 Å². The van der Waals surface area contributed by atoms with Gasteiger partial charge in [-0.3, -0.25) is 19.3 Å². The molecule has 0 spiro atoms. The summed E-state index contributed by atoms with van der Waals surface area (Å²) in [5, 5.41) is 3.09. The summed E-state index contributed by atoms with van der Waals surface area (Å²) in [6.07, 6.45) is 1.63. The van der Waals surface area contributed by atoms with Crippen molar-refractivity contribution in [2.24, 2.45) is 0 Å². The molecule has 0 atom stereocenters. The number of hydrogen-bond donors (Lipinski definition) is 1. The summed E-state index contributed by atoms with van der Waals surface area (Å²) >= 11 is 6.74. The van der Waals surface area contributed by atoms with Crippen molar-refractivity contribution in [1.29, 1.82) is 0 Å². The maximum absolute atomic E-state index is 12.9. The van der Waals surface area contributed by atoms with E-state index >= 15 is 0 Å². The molecule has 1 aliphatic rings. The summed E-state index contributed by atoms with van der Waals surface area (Å²) in [6, 6.07) is 17.8. The lowest BCUT2D eigenvalue weighted by Gasteiger charge is -2.14. The van der Waals surface area contributed by atoms with Crippen molar-refractivity contribution in [2.75, 3.05) is 31.7 Å². The number of hydrogen-bond acceptors (Lipinski definition) is 7. The quantitative estimate of drug-likeness (QED) is 0.259. The van der Waals surface area contributed by atoms with Gasteiger partial charge < -0.3 is 19.5 Å². The van der Waals surface area contributed by atoms with Gasteiger partial charge in [-0.2, -0.15) is 0 Å². The summed E-state index contributed by atoms with van der Waals surface area (Å²) in [4.78, 5) is 39.3. The molecule has 0 bridgehead atoms. The molecule has 1 aliphatic heterocycles. The third-order valence-corrected chi connectivity index (χ3v) is 7.02. The molecule has 0 saturated carbocycles. The molecular formula is C30H29ClN2O6S. The van der Waals surface area contributed by atoms with Crippen LogP contribution < -0.4 is 19.5 Å². The smallest absolute Gasteiger partial charge is 0.293 e. The molecule has 1 N–H and O–H groups in total. The molecule has 10 heteroatoms. The van der Waals surface area contributed by atoms with E-state index in [1.165, 1.54) is 0 Å². The number of benzene rings is 3. The van der Waals surface area contributed by atoms with Crippen LogP contribution in [0.5, 0.6) is 17.2 Å². The van der Waals surface area contributed by atoms with Crippen molar-refractivity contribution in [2.45, 2.75) is 20.8 Å². The van der Waals surface area contributed by atoms with Crippen LogP contribution in [0.4, 0.5) is 10.5 Å². The Kier molecular flexibility index (Phi) is 9.74. The number of thioether (sulfide) groups is 1. The molecule has 40 heavy (non-hydrogen) atoms. The summed E-state index contributed by atoms with van der Waals surface area (Å²) in [7, 11) is 0. The lowest BCUT2D eigenvalue weighted by Crippen LogP contribution is -2.32. The van der Waals surface area contributed by atoms with E-state index in [4.69, 9.17) is 25.8 Å². The van der Waals surface area contributed by atoms with Crippen LogP contribution in [-0.4, -0.2) is 48.3 Å². The zero-order valence-corrected chi connectivity index (χ0v) is 23.9. The Morgan fingerprint density at radius 2 is 1.75 bits per heavy atom. The maximum Gasteiger partial charge on any atom is 0.293 e. The third kappa shape index (κ3) is 7.58. The first-order valence-electron chi connectivity index (χ1n) is 12.6. The molecule has 3 aromatic carbocycles. The normalized spacial score (nSPS) is 14.0. The Labute approximate surface area is 242 Å². The fourth-order valence-corrected chi connectivity index (χ4v) is 4.82. The number of aryl methyl sites for hydroxylation is 2. The molecule has 0 radical (unpaired) electrons. The minimum Gasteiger partial charge on any atom is -0.492 e. The number of halogens is 1. The number of nitrogens with one attached hydrogen (secondary N) is 1. The van der Waals surface area contributed by atoms with E-state index in [0.717, 1.165) is 33.5 Å². The average molecular weight is 581 g/mol. The van der Waals surface area contributed by atoms with Crippen molar-refractivity contribution in [3.63, 3.8) is 0 Å². The molecule has 4 rings (SSSR count). The minimum atomic E-state index is -0.392. The van der Waals surface area contributed by atoms with Gasteiger partial charge in [0.1, 0.15) is 12.4 Å². The summed E-state index contributed by atoms with van der Waals surface area (Å²) in [5.41, 5.74) is 3.38. The topological polar surface area (TPSA) is 94.2 Å². The van der Waals surface area contributed by atoms with Gasteiger partial charge in [0.15, 0.2) is 18.1 Å². The second-order valence-corrected chi connectivity index (χ2v) is 10.4. The molecule has 208 valence electrons. The number of amides is 3. The molecule has 1 saturated heterocycles. The average Bonchev–Trinajstić information content (AvgIpc) is 3.19. The predicted molar refractivity (Wildman–Crippen MR) is 157 cm³/mol. The Bertz CT molecular complexity index is 1440. The van der Waals surface area contributed by atoms with Crippen LogP contribution in [0, 0.1) is 13.8 Å². The Morgan fingerprint density at radius 3 is 2.50 bits per heavy atom. The van der Waals surface area contributed by atoms with Crippen molar-refractivity contribution >= 4 is 52.2 Å². The first kappa shape index (κ1) is 29.0. The molecule has 0 aliphatic carbocycles. The zero-order valence-electron chi connectivity index (χ0n) is 22.4. The predicted octanol–water partition coefficient (Wildman–Crippen LogP) is 6.49. The van der Waals surface area contributed by atoms with E-state index in [2.05, 4.69) is 5.32 Å². The van der Waals surface area contributed by atoms with Crippen LogP contribution in [0.25, 0.3) is 6.08 Å². The highest BCUT2D eigenvalue weighted by Gasteiger charge is 2.34. The van der Waals surface area contributed by atoms with Crippen LogP contribution in [0.3, 0.4) is 0 Å². The number of carbonyl (C=O) groups is 3. The summed E-state index contributed by atoms with van der Waals surface area (Å²) in [5.74, 6) is 0.722. The van der Waals surface area contributed by atoms with E-state index in [1.54, 1.807) is 48.5 Å². The molecule has 8 nitrogen and oxygen atoms in total. The van der Waals surface area contributed by atoms with Crippen LogP contribution in [0.15, 0.2) is 65.6 Å². The number of rotatable bonds is 11. The lowest BCUT2D eigenvalue weighted by atomic mass is 10.1. The monoisotopic (exact) mass is 580 g/mol. The second kappa shape index (κ2) is 13.4. The highest BCUT2D eigenvalue weighted by atomic mass is 35.5. The fraction of sp³-hybridized carbons (Fsp3) is 0.233. The van der Waals surface area contributed by atoms with Crippen molar-refractivity contribution in [3.05, 3.63) is 87.3 Å². The summed E-state index contributed by atoms with van der Waals surface area (Å²) in [6.45, 7) is 6.16. The van der Waals surface area contributed by atoms with Crippen LogP contribution in [-0.2, 0) is 9.59 Å². The van der Waals surface area contributed by atoms with Crippen LogP contribution in [0.1, 0.15) is 23.6 Å². The summed E-state index contributed by atoms with van der Waals surface area (Å²) < 4.78 is 17.1. The van der Waals surface area contributed by atoms with E-state index in [-0.39, 0.29) is 30.9 Å². The van der Waals surface area contributed by atoms with Gasteiger partial charge in [-0.05, 0) is 97.8 Å². The maximum atomic E-state index is 12.9. The van der Waals surface area contributed by atoms with E-state index in [9.17, 15) is 14.4 Å². The van der Waals surface area contributed by atoms with Crippen molar-refractivity contribution in [3.8, 4) is 17.2 Å². The standard InChI is InChI=1S/C30H29ClN2O6S/c1-4-37-26-16-21(7-12-25(26)39-18-28(34)32-24-15-19(2)5-6-20(24)3)17-27-29(35)33(30(36)40-27)13-14-38-23-10-8-22(31)9-11-23/h5-12,15-17H,4,13-14,18H2,1-3H3,(H,32,34)/b27-17-. The minimum absolute atomic E-state index is 0.117. The van der Waals surface area contributed by atoms with Gasteiger partial charge in [-0.15, -0.1) is 0 Å². The van der Waals surface area contributed by atoms with Crippen LogP contribution >= 0.6 is 23.4 Å². The molecule has 3 aromatic rings. The molecule has 1 heterocycles. The first-order valence-corrected chi connectivity index (χ1v) is 13.8. The molecule has 1 fully saturated rings. The fourth-order valence-electron chi connectivity index (χ4n) is 3.83. The Balaban J connectivity index is 1.38. The van der Waals surface area contributed by atoms with Crippen molar-refractivity contribution in [1.82, 2.24) is 4.90 Å². The Morgan fingerprint density at radius 1 is 0.975 bits per heavy atom. The molecule has 3 amide bonds. The highest BCUT2D eigenvalue weighted by Crippen LogP contribution is 2.34. The SMILES string of the molecule is CCOc1cc(/C=C2\SC(=O)N(CCOc3ccc(Cl)cc3)C2=O)ccc1OCC(=O)Nc1cc(C)ccc1C. The largest absolute Gasteiger partial charge is 0.492 e. The van der Waals surface area contributed by atoms with E-state index in [1.807, 2.05) is 39.0 Å². The zero-order chi connectivity index (χ0) is 28.6. The van der Waals surface area contributed by atoms with Gasteiger partial charge in [0.05, 0.1) is 18.1 Å². The Hall–Kier alpha value is -3.95.